The Morgan fingerprint density at radius 3 is 2.44 bits per heavy atom. The minimum absolute atomic E-state index is 0.358. The third-order valence-electron chi connectivity index (χ3n) is 5.46. The highest BCUT2D eigenvalue weighted by atomic mass is 35.5. The molecule has 0 saturated heterocycles. The summed E-state index contributed by atoms with van der Waals surface area (Å²) in [5, 5.41) is 0.658. The number of hydrogen-bond donors (Lipinski definition) is 0. The molecule has 5 aromatic rings. The number of fused-ring (bicyclic) bond motifs is 1. The van der Waals surface area contributed by atoms with Gasteiger partial charge in [-0.05, 0) is 30.7 Å². The molecule has 0 saturated carbocycles. The lowest BCUT2D eigenvalue weighted by molar-refractivity contribution is -0.132. The average molecular weight is 472 g/mol. The maximum Gasteiger partial charge on any atom is 0.309 e. The summed E-state index contributed by atoms with van der Waals surface area (Å²) in [6, 6.07) is 21.3. The molecule has 6 nitrogen and oxygen atoms in total. The number of ether oxygens (including phenoxy) is 1. The topological polar surface area (TPSA) is 69.6 Å². The maximum absolute atomic E-state index is 12.0. The number of esters is 1. The summed E-state index contributed by atoms with van der Waals surface area (Å²) < 4.78 is 13.2. The van der Waals surface area contributed by atoms with Crippen LogP contribution in [0.1, 0.15) is 35.4 Å². The van der Waals surface area contributed by atoms with E-state index in [1.54, 1.807) is 4.40 Å². The van der Waals surface area contributed by atoms with Crippen LogP contribution < -0.4 is 4.74 Å². The first kappa shape index (κ1) is 21.9. The number of aryl methyl sites for hydroxylation is 1. The van der Waals surface area contributed by atoms with Gasteiger partial charge < -0.3 is 9.15 Å². The number of aromatic nitrogens is 3. The van der Waals surface area contributed by atoms with E-state index in [2.05, 4.69) is 0 Å². The number of furan rings is 1. The zero-order valence-electron chi connectivity index (χ0n) is 18.8. The highest BCUT2D eigenvalue weighted by Gasteiger charge is 2.22. The molecule has 0 aliphatic rings. The number of rotatable bonds is 6. The summed E-state index contributed by atoms with van der Waals surface area (Å²) in [6.07, 6.45) is 2.70. The first-order valence-electron chi connectivity index (χ1n) is 10.9. The maximum atomic E-state index is 12.0. The summed E-state index contributed by atoms with van der Waals surface area (Å²) >= 11 is 6.46. The van der Waals surface area contributed by atoms with Gasteiger partial charge in [0.2, 0.25) is 5.88 Å². The Morgan fingerprint density at radius 2 is 1.74 bits per heavy atom. The molecular weight excluding hydrogens is 450 g/mol. The van der Waals surface area contributed by atoms with Crippen LogP contribution in [0.3, 0.4) is 0 Å². The van der Waals surface area contributed by atoms with Gasteiger partial charge in [0.1, 0.15) is 17.2 Å². The fourth-order valence-corrected chi connectivity index (χ4v) is 4.13. The molecule has 3 heterocycles. The monoisotopic (exact) mass is 471 g/mol. The van der Waals surface area contributed by atoms with Crippen molar-refractivity contribution in [3.63, 3.8) is 0 Å². The molecule has 170 valence electrons. The highest BCUT2D eigenvalue weighted by molar-refractivity contribution is 6.31. The standard InChI is InChI=1S/C27H22ClN3O3/c1-17-12-13-21(33-17)15-24-27(34-18(2)32)31-16-25(19-8-4-3-5-9-19)29-23(26(31)30-24)14-20-10-6-7-11-22(20)28/h3-13,16H,14-15H2,1-2H3. The molecule has 0 N–H and O–H groups in total. The van der Waals surface area contributed by atoms with E-state index in [-0.39, 0.29) is 0 Å². The number of halogens is 1. The molecular formula is C27H22ClN3O3. The van der Waals surface area contributed by atoms with Gasteiger partial charge in [-0.1, -0.05) is 60.1 Å². The minimum Gasteiger partial charge on any atom is -0.466 e. The smallest absolute Gasteiger partial charge is 0.309 e. The van der Waals surface area contributed by atoms with Crippen LogP contribution in [0.5, 0.6) is 5.88 Å². The average Bonchev–Trinajstić information content (AvgIpc) is 3.39. The summed E-state index contributed by atoms with van der Waals surface area (Å²) in [7, 11) is 0. The van der Waals surface area contributed by atoms with Crippen molar-refractivity contribution in [2.45, 2.75) is 26.7 Å². The predicted molar refractivity (Wildman–Crippen MR) is 130 cm³/mol. The molecule has 3 aromatic heterocycles. The number of carbonyl (C=O) groups is 1. The van der Waals surface area contributed by atoms with E-state index in [4.69, 9.17) is 30.7 Å². The first-order chi connectivity index (χ1) is 16.5. The third-order valence-corrected chi connectivity index (χ3v) is 5.83. The van der Waals surface area contributed by atoms with E-state index < -0.39 is 5.97 Å². The molecule has 0 aliphatic carbocycles. The van der Waals surface area contributed by atoms with Gasteiger partial charge in [0, 0.05) is 30.1 Å². The second kappa shape index (κ2) is 9.15. The van der Waals surface area contributed by atoms with Gasteiger partial charge in [-0.25, -0.2) is 9.97 Å². The van der Waals surface area contributed by atoms with Gasteiger partial charge >= 0.3 is 5.97 Å². The van der Waals surface area contributed by atoms with Gasteiger partial charge in [-0.15, -0.1) is 0 Å². The van der Waals surface area contributed by atoms with Crippen LogP contribution in [0.25, 0.3) is 16.9 Å². The Balaban J connectivity index is 1.72. The van der Waals surface area contributed by atoms with E-state index in [9.17, 15) is 4.79 Å². The van der Waals surface area contributed by atoms with E-state index in [1.807, 2.05) is 79.9 Å². The van der Waals surface area contributed by atoms with Crippen molar-refractivity contribution in [3.05, 3.63) is 106 Å². The van der Waals surface area contributed by atoms with Crippen molar-refractivity contribution in [2.75, 3.05) is 0 Å². The summed E-state index contributed by atoms with van der Waals surface area (Å²) in [4.78, 5) is 21.8. The molecule has 0 atom stereocenters. The summed E-state index contributed by atoms with van der Waals surface area (Å²) in [5.74, 6) is 1.47. The number of carbonyl (C=O) groups excluding carboxylic acids is 1. The molecule has 0 aliphatic heterocycles. The normalized spacial score (nSPS) is 11.1. The van der Waals surface area contributed by atoms with Crippen LogP contribution in [0.2, 0.25) is 5.02 Å². The zero-order valence-corrected chi connectivity index (χ0v) is 19.5. The molecule has 5 rings (SSSR count). The van der Waals surface area contributed by atoms with Gasteiger partial charge in [-0.3, -0.25) is 9.20 Å². The Kier molecular flexibility index (Phi) is 5.90. The lowest BCUT2D eigenvalue weighted by Gasteiger charge is -2.10. The molecule has 0 radical (unpaired) electrons. The van der Waals surface area contributed by atoms with E-state index in [0.717, 1.165) is 34.0 Å². The Bertz CT molecular complexity index is 1490. The molecule has 2 aromatic carbocycles. The lowest BCUT2D eigenvalue weighted by atomic mass is 10.1. The predicted octanol–water partition coefficient (Wildman–Crippen LogP) is 6.06. The molecule has 0 amide bonds. The molecule has 0 fully saturated rings. The van der Waals surface area contributed by atoms with Gasteiger partial charge in [0.25, 0.3) is 0 Å². The number of imidazole rings is 1. The second-order valence-corrected chi connectivity index (χ2v) is 8.45. The van der Waals surface area contributed by atoms with Crippen LogP contribution in [0, 0.1) is 6.92 Å². The molecule has 0 bridgehead atoms. The lowest BCUT2D eigenvalue weighted by Crippen LogP contribution is -2.07. The number of benzene rings is 2. The number of nitrogens with zero attached hydrogens (tertiary/aromatic N) is 3. The highest BCUT2D eigenvalue weighted by Crippen LogP contribution is 2.30. The van der Waals surface area contributed by atoms with Crippen molar-refractivity contribution in [3.8, 4) is 17.1 Å². The van der Waals surface area contributed by atoms with E-state index in [0.29, 0.717) is 35.1 Å². The van der Waals surface area contributed by atoms with Crippen molar-refractivity contribution in [2.24, 2.45) is 0 Å². The van der Waals surface area contributed by atoms with E-state index >= 15 is 0 Å². The largest absolute Gasteiger partial charge is 0.466 e. The van der Waals surface area contributed by atoms with Gasteiger partial charge in [0.15, 0.2) is 5.65 Å². The van der Waals surface area contributed by atoms with Crippen LogP contribution >= 0.6 is 11.6 Å². The van der Waals surface area contributed by atoms with Crippen LogP contribution in [0.15, 0.2) is 77.3 Å². The second-order valence-electron chi connectivity index (χ2n) is 8.05. The fraction of sp³-hybridized carbons (Fsp3) is 0.148. The quantitative estimate of drug-likeness (QED) is 0.281. The molecule has 34 heavy (non-hydrogen) atoms. The van der Waals surface area contributed by atoms with Crippen LogP contribution in [0.4, 0.5) is 0 Å². The Labute approximate surface area is 201 Å². The van der Waals surface area contributed by atoms with Crippen molar-refractivity contribution in [1.29, 1.82) is 0 Å². The third kappa shape index (κ3) is 4.45. The molecule has 7 heteroatoms. The van der Waals surface area contributed by atoms with Crippen molar-refractivity contribution in [1.82, 2.24) is 14.4 Å². The van der Waals surface area contributed by atoms with Crippen molar-refractivity contribution < 1.29 is 13.9 Å². The van der Waals surface area contributed by atoms with Crippen molar-refractivity contribution >= 4 is 23.2 Å². The van der Waals surface area contributed by atoms with Gasteiger partial charge in [0.05, 0.1) is 17.8 Å². The number of hydrogen-bond acceptors (Lipinski definition) is 5. The van der Waals surface area contributed by atoms with Gasteiger partial charge in [-0.2, -0.15) is 0 Å². The molecule has 0 unspecified atom stereocenters. The van der Waals surface area contributed by atoms with Crippen LogP contribution in [-0.2, 0) is 17.6 Å². The Morgan fingerprint density at radius 1 is 0.971 bits per heavy atom. The van der Waals surface area contributed by atoms with E-state index in [1.165, 1.54) is 6.92 Å². The SMILES string of the molecule is CC(=O)Oc1c(Cc2ccc(C)o2)nc2c(Cc3ccccc3Cl)nc(-c3ccccc3)cn12. The summed E-state index contributed by atoms with van der Waals surface area (Å²) in [5.41, 5.74) is 4.54. The fourth-order valence-electron chi connectivity index (χ4n) is 3.93. The first-order valence-corrected chi connectivity index (χ1v) is 11.3. The molecule has 0 spiro atoms. The summed E-state index contributed by atoms with van der Waals surface area (Å²) in [6.45, 7) is 3.27. The minimum atomic E-state index is -0.426. The Hall–Kier alpha value is -3.90. The van der Waals surface area contributed by atoms with Crippen LogP contribution in [-0.4, -0.2) is 20.3 Å². The zero-order chi connectivity index (χ0) is 23.7.